The van der Waals surface area contributed by atoms with Gasteiger partial charge < -0.3 is 10.2 Å². The molecule has 1 saturated carbocycles. The molecule has 1 aliphatic carbocycles. The fraction of sp³-hybridized carbons (Fsp3) is 0.481. The van der Waals surface area contributed by atoms with Crippen LogP contribution in [0, 0.1) is 5.82 Å². The summed E-state index contributed by atoms with van der Waals surface area (Å²) in [5, 5.41) is 3.04. The second-order valence-corrected chi connectivity index (χ2v) is 9.82. The van der Waals surface area contributed by atoms with Crippen LogP contribution in [0.25, 0.3) is 0 Å². The van der Waals surface area contributed by atoms with Gasteiger partial charge in [-0.3, -0.25) is 14.6 Å². The van der Waals surface area contributed by atoms with Crippen molar-refractivity contribution >= 4 is 17.6 Å². The number of rotatable bonds is 6. The molecule has 2 heterocycles. The number of hydrogen-bond donors (Lipinski definition) is 1. The first-order valence-electron chi connectivity index (χ1n) is 12.5. The molecule has 7 heteroatoms. The van der Waals surface area contributed by atoms with Crippen LogP contribution in [-0.2, 0) is 4.79 Å². The molecule has 3 aliphatic rings. The normalized spacial score (nSPS) is 25.7. The summed E-state index contributed by atoms with van der Waals surface area (Å²) in [4.78, 5) is 31.9. The van der Waals surface area contributed by atoms with Crippen LogP contribution in [0.3, 0.4) is 0 Å². The molecule has 2 saturated heterocycles. The number of benzene rings is 2. The van der Waals surface area contributed by atoms with E-state index in [0.29, 0.717) is 25.3 Å². The first-order valence-corrected chi connectivity index (χ1v) is 12.5. The topological polar surface area (TPSA) is 55.9 Å². The molecule has 2 aromatic carbocycles. The average Bonchev–Trinajstić information content (AvgIpc) is 3.09. The third-order valence-corrected chi connectivity index (χ3v) is 7.76. The number of anilines is 1. The van der Waals surface area contributed by atoms with Crippen LogP contribution in [0.2, 0.25) is 0 Å². The monoisotopic (exact) mass is 464 g/mol. The van der Waals surface area contributed by atoms with E-state index in [9.17, 15) is 14.0 Å². The first-order chi connectivity index (χ1) is 16.5. The Morgan fingerprint density at radius 3 is 2.35 bits per heavy atom. The number of hydrogen-bond acceptors (Lipinski definition) is 4. The van der Waals surface area contributed by atoms with Gasteiger partial charge in [0.15, 0.2) is 0 Å². The zero-order valence-corrected chi connectivity index (χ0v) is 19.6. The highest BCUT2D eigenvalue weighted by Crippen LogP contribution is 2.40. The van der Waals surface area contributed by atoms with Crippen molar-refractivity contribution in [3.8, 4) is 0 Å². The highest BCUT2D eigenvalue weighted by molar-refractivity contribution is 6.07. The van der Waals surface area contributed by atoms with Gasteiger partial charge >= 0.3 is 6.03 Å². The van der Waals surface area contributed by atoms with E-state index in [0.717, 1.165) is 57.7 Å². The van der Waals surface area contributed by atoms with Gasteiger partial charge in [-0.05, 0) is 68.3 Å². The minimum Gasteiger partial charge on any atom is -0.369 e. The number of halogens is 1. The number of carbonyl (C=O) groups excluding carboxylic acids is 2. The summed E-state index contributed by atoms with van der Waals surface area (Å²) in [6, 6.07) is 17.0. The Labute approximate surface area is 200 Å². The zero-order valence-electron chi connectivity index (χ0n) is 19.6. The molecular formula is C27H33FN4O2. The number of nitrogens with one attached hydrogen (secondary N) is 1. The van der Waals surface area contributed by atoms with Gasteiger partial charge in [0.2, 0.25) is 0 Å². The Kier molecular flexibility index (Phi) is 6.55. The van der Waals surface area contributed by atoms with Crippen molar-refractivity contribution in [3.05, 3.63) is 66.0 Å². The molecule has 180 valence electrons. The fourth-order valence-electron chi connectivity index (χ4n) is 5.74. The molecule has 5 rings (SSSR count). The van der Waals surface area contributed by atoms with Crippen molar-refractivity contribution in [2.24, 2.45) is 0 Å². The average molecular weight is 465 g/mol. The van der Waals surface area contributed by atoms with Crippen LogP contribution >= 0.6 is 0 Å². The van der Waals surface area contributed by atoms with Gasteiger partial charge in [-0.25, -0.2) is 9.18 Å². The standard InChI is InChI=1S/C27H33FN4O2/c28-23-8-4-9-24(20-23)31-18-16-30(17-19-31)14-5-15-32-25(33)27(29-26(32)34)12-10-22(11-13-27)21-6-2-1-3-7-21/h1-4,6-9,20,22H,5,10-19H2,(H,29,34). The highest BCUT2D eigenvalue weighted by atomic mass is 19.1. The molecule has 3 amide bonds. The third kappa shape index (κ3) is 4.67. The number of urea groups is 1. The fourth-order valence-corrected chi connectivity index (χ4v) is 5.74. The Balaban J connectivity index is 1.08. The van der Waals surface area contributed by atoms with Crippen molar-refractivity contribution in [2.45, 2.75) is 43.6 Å². The van der Waals surface area contributed by atoms with E-state index in [4.69, 9.17) is 0 Å². The zero-order chi connectivity index (χ0) is 23.5. The summed E-state index contributed by atoms with van der Waals surface area (Å²) >= 11 is 0. The molecule has 0 bridgehead atoms. The number of piperazine rings is 1. The number of nitrogens with zero attached hydrogens (tertiary/aromatic N) is 3. The maximum atomic E-state index is 13.5. The molecule has 0 unspecified atom stereocenters. The molecule has 2 aliphatic heterocycles. The Bertz CT molecular complexity index is 1010. The molecule has 1 N–H and O–H groups in total. The van der Waals surface area contributed by atoms with E-state index < -0.39 is 5.54 Å². The SMILES string of the molecule is O=C1NC2(CCC(c3ccccc3)CC2)C(=O)N1CCCN1CCN(c2cccc(F)c2)CC1. The Morgan fingerprint density at radius 1 is 0.912 bits per heavy atom. The summed E-state index contributed by atoms with van der Waals surface area (Å²) in [6.07, 6.45) is 4.01. The van der Waals surface area contributed by atoms with Crippen molar-refractivity contribution < 1.29 is 14.0 Å². The summed E-state index contributed by atoms with van der Waals surface area (Å²) < 4.78 is 13.5. The first kappa shape index (κ1) is 22.8. The summed E-state index contributed by atoms with van der Waals surface area (Å²) in [5.41, 5.74) is 1.54. The van der Waals surface area contributed by atoms with Gasteiger partial charge in [-0.1, -0.05) is 36.4 Å². The predicted molar refractivity (Wildman–Crippen MR) is 130 cm³/mol. The van der Waals surface area contributed by atoms with E-state index in [1.54, 1.807) is 12.1 Å². The van der Waals surface area contributed by atoms with Crippen LogP contribution < -0.4 is 10.2 Å². The van der Waals surface area contributed by atoms with Crippen LogP contribution in [0.15, 0.2) is 54.6 Å². The van der Waals surface area contributed by atoms with Crippen LogP contribution in [0.1, 0.15) is 43.6 Å². The van der Waals surface area contributed by atoms with Gasteiger partial charge in [-0.15, -0.1) is 0 Å². The minimum absolute atomic E-state index is 0.0417. The van der Waals surface area contributed by atoms with Crippen LogP contribution in [-0.4, -0.2) is 66.5 Å². The summed E-state index contributed by atoms with van der Waals surface area (Å²) in [6.45, 7) is 4.77. The van der Waals surface area contributed by atoms with E-state index in [2.05, 4.69) is 39.4 Å². The van der Waals surface area contributed by atoms with Gasteiger partial charge in [-0.2, -0.15) is 0 Å². The molecule has 0 atom stereocenters. The summed E-state index contributed by atoms with van der Waals surface area (Å²) in [5.74, 6) is 0.205. The number of imide groups is 1. The Morgan fingerprint density at radius 2 is 1.65 bits per heavy atom. The van der Waals surface area contributed by atoms with E-state index in [1.807, 2.05) is 12.1 Å². The third-order valence-electron chi connectivity index (χ3n) is 7.76. The Hall–Kier alpha value is -2.93. The molecule has 0 radical (unpaired) electrons. The molecule has 2 aromatic rings. The van der Waals surface area contributed by atoms with Crippen LogP contribution in [0.4, 0.5) is 14.9 Å². The quantitative estimate of drug-likeness (QED) is 0.657. The number of amides is 3. The maximum Gasteiger partial charge on any atom is 0.325 e. The summed E-state index contributed by atoms with van der Waals surface area (Å²) in [7, 11) is 0. The minimum atomic E-state index is -0.709. The lowest BCUT2D eigenvalue weighted by molar-refractivity contribution is -0.132. The smallest absolute Gasteiger partial charge is 0.325 e. The predicted octanol–water partition coefficient (Wildman–Crippen LogP) is 3.99. The van der Waals surface area contributed by atoms with Gasteiger partial charge in [0, 0.05) is 38.4 Å². The van der Waals surface area contributed by atoms with E-state index in [1.165, 1.54) is 16.5 Å². The largest absolute Gasteiger partial charge is 0.369 e. The number of carbonyl (C=O) groups is 2. The molecule has 6 nitrogen and oxygen atoms in total. The van der Waals surface area contributed by atoms with Crippen molar-refractivity contribution in [1.29, 1.82) is 0 Å². The lowest BCUT2D eigenvalue weighted by atomic mass is 9.74. The molecule has 0 aromatic heterocycles. The van der Waals surface area contributed by atoms with Gasteiger partial charge in [0.1, 0.15) is 11.4 Å². The van der Waals surface area contributed by atoms with Gasteiger partial charge in [0.25, 0.3) is 5.91 Å². The second kappa shape index (κ2) is 9.74. The molecular weight excluding hydrogens is 431 g/mol. The van der Waals surface area contributed by atoms with Crippen molar-refractivity contribution in [2.75, 3.05) is 44.2 Å². The van der Waals surface area contributed by atoms with Crippen molar-refractivity contribution in [3.63, 3.8) is 0 Å². The second-order valence-electron chi connectivity index (χ2n) is 9.82. The van der Waals surface area contributed by atoms with Crippen molar-refractivity contribution in [1.82, 2.24) is 15.1 Å². The van der Waals surface area contributed by atoms with E-state index >= 15 is 0 Å². The molecule has 34 heavy (non-hydrogen) atoms. The van der Waals surface area contributed by atoms with E-state index in [-0.39, 0.29) is 17.8 Å². The molecule has 3 fully saturated rings. The maximum absolute atomic E-state index is 13.5. The highest BCUT2D eigenvalue weighted by Gasteiger charge is 2.52. The molecule has 1 spiro atoms. The van der Waals surface area contributed by atoms with Gasteiger partial charge in [0.05, 0.1) is 0 Å². The lowest BCUT2D eigenvalue weighted by Crippen LogP contribution is -2.49. The lowest BCUT2D eigenvalue weighted by Gasteiger charge is -2.36. The van der Waals surface area contributed by atoms with Crippen LogP contribution in [0.5, 0.6) is 0 Å².